The van der Waals surface area contributed by atoms with Crippen molar-refractivity contribution in [1.82, 2.24) is 14.9 Å². The van der Waals surface area contributed by atoms with Crippen molar-refractivity contribution in [1.29, 1.82) is 0 Å². The molecule has 4 rings (SSSR count). The third-order valence-corrected chi connectivity index (χ3v) is 5.53. The third kappa shape index (κ3) is 5.00. The Kier molecular flexibility index (Phi) is 6.39. The Morgan fingerprint density at radius 3 is 2.64 bits per heavy atom. The SMILES string of the molecule is COc1ccc(CN(Cc2ccnc(N3CCCC3)n2)C[C@H]2CCCO2)cc1. The van der Waals surface area contributed by atoms with Crippen molar-refractivity contribution >= 4 is 5.95 Å². The molecule has 1 atom stereocenters. The second-order valence-corrected chi connectivity index (χ2v) is 7.69. The van der Waals surface area contributed by atoms with E-state index in [1.807, 2.05) is 24.4 Å². The lowest BCUT2D eigenvalue weighted by molar-refractivity contribution is 0.0675. The zero-order chi connectivity index (χ0) is 19.2. The largest absolute Gasteiger partial charge is 0.497 e. The molecule has 0 saturated carbocycles. The predicted octanol–water partition coefficient (Wildman–Crippen LogP) is 3.27. The molecule has 0 unspecified atom stereocenters. The average molecular weight is 383 g/mol. The standard InChI is InChI=1S/C22H30N4O2/c1-27-20-8-6-18(7-9-20)15-25(17-21-5-4-14-28-21)16-19-10-11-23-22(24-19)26-12-2-3-13-26/h6-11,21H,2-5,12-17H2,1H3/t21-/m1/s1. The van der Waals surface area contributed by atoms with Crippen molar-refractivity contribution in [2.75, 3.05) is 38.3 Å². The van der Waals surface area contributed by atoms with Gasteiger partial charge in [-0.3, -0.25) is 4.90 Å². The van der Waals surface area contributed by atoms with Crippen LogP contribution in [0.25, 0.3) is 0 Å². The van der Waals surface area contributed by atoms with Gasteiger partial charge in [0.15, 0.2) is 0 Å². The minimum absolute atomic E-state index is 0.318. The number of methoxy groups -OCH3 is 1. The summed E-state index contributed by atoms with van der Waals surface area (Å²) in [6.45, 7) is 5.61. The summed E-state index contributed by atoms with van der Waals surface area (Å²) in [7, 11) is 1.70. The molecule has 0 N–H and O–H groups in total. The second kappa shape index (κ2) is 9.34. The van der Waals surface area contributed by atoms with Gasteiger partial charge in [0.05, 0.1) is 18.9 Å². The van der Waals surface area contributed by atoms with Gasteiger partial charge in [-0.25, -0.2) is 9.97 Å². The Labute approximate surface area is 167 Å². The summed E-state index contributed by atoms with van der Waals surface area (Å²) in [4.78, 5) is 14.1. The highest BCUT2D eigenvalue weighted by atomic mass is 16.5. The molecule has 1 aromatic carbocycles. The van der Waals surface area contributed by atoms with Gasteiger partial charge in [-0.1, -0.05) is 12.1 Å². The summed E-state index contributed by atoms with van der Waals surface area (Å²) >= 11 is 0. The van der Waals surface area contributed by atoms with E-state index in [4.69, 9.17) is 14.5 Å². The van der Waals surface area contributed by atoms with Gasteiger partial charge < -0.3 is 14.4 Å². The van der Waals surface area contributed by atoms with E-state index >= 15 is 0 Å². The number of ether oxygens (including phenoxy) is 2. The van der Waals surface area contributed by atoms with Crippen molar-refractivity contribution < 1.29 is 9.47 Å². The number of hydrogen-bond donors (Lipinski definition) is 0. The minimum atomic E-state index is 0.318. The molecule has 28 heavy (non-hydrogen) atoms. The van der Waals surface area contributed by atoms with Crippen molar-refractivity contribution in [2.24, 2.45) is 0 Å². The van der Waals surface area contributed by atoms with Crippen molar-refractivity contribution in [2.45, 2.75) is 44.9 Å². The van der Waals surface area contributed by atoms with Gasteiger partial charge in [0.1, 0.15) is 5.75 Å². The molecule has 0 bridgehead atoms. The number of benzene rings is 1. The smallest absolute Gasteiger partial charge is 0.225 e. The fourth-order valence-corrected chi connectivity index (χ4v) is 4.02. The lowest BCUT2D eigenvalue weighted by atomic mass is 10.1. The molecule has 2 aliphatic rings. The van der Waals surface area contributed by atoms with Crippen LogP contribution in [0.15, 0.2) is 36.5 Å². The Morgan fingerprint density at radius 2 is 1.93 bits per heavy atom. The van der Waals surface area contributed by atoms with Crippen molar-refractivity contribution in [3.8, 4) is 5.75 Å². The summed E-state index contributed by atoms with van der Waals surface area (Å²) in [5, 5.41) is 0. The van der Waals surface area contributed by atoms with Crippen LogP contribution in [0.1, 0.15) is 36.9 Å². The molecule has 3 heterocycles. The molecule has 0 amide bonds. The van der Waals surface area contributed by atoms with E-state index in [0.29, 0.717) is 6.10 Å². The monoisotopic (exact) mass is 382 g/mol. The molecule has 6 nitrogen and oxygen atoms in total. The van der Waals surface area contributed by atoms with Gasteiger partial charge in [0.2, 0.25) is 5.95 Å². The van der Waals surface area contributed by atoms with E-state index < -0.39 is 0 Å². The predicted molar refractivity (Wildman–Crippen MR) is 110 cm³/mol. The Morgan fingerprint density at radius 1 is 1.11 bits per heavy atom. The molecule has 2 fully saturated rings. The molecule has 2 aromatic rings. The third-order valence-electron chi connectivity index (χ3n) is 5.53. The summed E-state index contributed by atoms with van der Waals surface area (Å²) in [5.74, 6) is 1.76. The summed E-state index contributed by atoms with van der Waals surface area (Å²) < 4.78 is 11.2. The summed E-state index contributed by atoms with van der Waals surface area (Å²) in [6, 6.07) is 10.4. The zero-order valence-corrected chi connectivity index (χ0v) is 16.7. The van der Waals surface area contributed by atoms with E-state index in [1.54, 1.807) is 7.11 Å². The first-order chi connectivity index (χ1) is 13.8. The molecule has 150 valence electrons. The first kappa shape index (κ1) is 19.2. The molecule has 0 spiro atoms. The maximum atomic E-state index is 5.90. The minimum Gasteiger partial charge on any atom is -0.497 e. The maximum absolute atomic E-state index is 5.90. The van der Waals surface area contributed by atoms with Crippen LogP contribution in [0.2, 0.25) is 0 Å². The Hall–Kier alpha value is -2.18. The molecule has 0 radical (unpaired) electrons. The fourth-order valence-electron chi connectivity index (χ4n) is 4.02. The molecular weight excluding hydrogens is 352 g/mol. The highest BCUT2D eigenvalue weighted by Gasteiger charge is 2.21. The quantitative estimate of drug-likeness (QED) is 0.698. The van der Waals surface area contributed by atoms with Gasteiger partial charge in [-0.05, 0) is 49.4 Å². The lowest BCUT2D eigenvalue weighted by Gasteiger charge is -2.25. The maximum Gasteiger partial charge on any atom is 0.225 e. The number of nitrogens with zero attached hydrogens (tertiary/aromatic N) is 4. The van der Waals surface area contributed by atoms with E-state index in [2.05, 4.69) is 26.9 Å². The van der Waals surface area contributed by atoms with Crippen LogP contribution < -0.4 is 9.64 Å². The molecule has 2 saturated heterocycles. The molecule has 1 aromatic heterocycles. The number of aromatic nitrogens is 2. The van der Waals surface area contributed by atoms with Crippen molar-refractivity contribution in [3.63, 3.8) is 0 Å². The zero-order valence-electron chi connectivity index (χ0n) is 16.7. The number of hydrogen-bond acceptors (Lipinski definition) is 6. The fraction of sp³-hybridized carbons (Fsp3) is 0.545. The molecule has 0 aliphatic carbocycles. The van der Waals surface area contributed by atoms with Gasteiger partial charge in [0.25, 0.3) is 0 Å². The van der Waals surface area contributed by atoms with E-state index in [-0.39, 0.29) is 0 Å². The van der Waals surface area contributed by atoms with Crippen LogP contribution in [0.3, 0.4) is 0 Å². The molecule has 6 heteroatoms. The number of rotatable bonds is 8. The van der Waals surface area contributed by atoms with Crippen LogP contribution in [-0.4, -0.2) is 54.3 Å². The van der Waals surface area contributed by atoms with Gasteiger partial charge in [-0.2, -0.15) is 0 Å². The first-order valence-electron chi connectivity index (χ1n) is 10.3. The Balaban J connectivity index is 1.46. The highest BCUT2D eigenvalue weighted by Crippen LogP contribution is 2.20. The van der Waals surface area contributed by atoms with E-state index in [9.17, 15) is 0 Å². The number of anilines is 1. The topological polar surface area (TPSA) is 50.7 Å². The lowest BCUT2D eigenvalue weighted by Crippen LogP contribution is -2.32. The molecule has 2 aliphatic heterocycles. The van der Waals surface area contributed by atoms with Crippen LogP contribution in [0.4, 0.5) is 5.95 Å². The summed E-state index contributed by atoms with van der Waals surface area (Å²) in [6.07, 6.45) is 6.98. The highest BCUT2D eigenvalue weighted by molar-refractivity contribution is 5.31. The average Bonchev–Trinajstić information content (AvgIpc) is 3.43. The van der Waals surface area contributed by atoms with Gasteiger partial charge in [0, 0.05) is 45.5 Å². The van der Waals surface area contributed by atoms with Gasteiger partial charge >= 0.3 is 0 Å². The normalized spacial score (nSPS) is 19.5. The second-order valence-electron chi connectivity index (χ2n) is 7.69. The van der Waals surface area contributed by atoms with Gasteiger partial charge in [-0.15, -0.1) is 0 Å². The van der Waals surface area contributed by atoms with E-state index in [1.165, 1.54) is 18.4 Å². The van der Waals surface area contributed by atoms with Crippen molar-refractivity contribution in [3.05, 3.63) is 47.8 Å². The first-order valence-corrected chi connectivity index (χ1v) is 10.3. The molecular formula is C22H30N4O2. The van der Waals surface area contributed by atoms with Crippen LogP contribution >= 0.6 is 0 Å². The van der Waals surface area contributed by atoms with Crippen LogP contribution in [0.5, 0.6) is 5.75 Å². The van der Waals surface area contributed by atoms with Crippen LogP contribution in [-0.2, 0) is 17.8 Å². The summed E-state index contributed by atoms with van der Waals surface area (Å²) in [5.41, 5.74) is 2.34. The van der Waals surface area contributed by atoms with E-state index in [0.717, 1.165) is 69.6 Å². The Bertz CT molecular complexity index is 740. The van der Waals surface area contributed by atoms with Crippen LogP contribution in [0, 0.1) is 0 Å².